The number of allylic oxidation sites excluding steroid dienone is 1. The van der Waals surface area contributed by atoms with Crippen LogP contribution in [0, 0.1) is 0 Å². The van der Waals surface area contributed by atoms with E-state index in [1.807, 2.05) is 48.5 Å². The van der Waals surface area contributed by atoms with Crippen LogP contribution in [0.5, 0.6) is 17.2 Å². The highest BCUT2D eigenvalue weighted by Gasteiger charge is 2.23. The van der Waals surface area contributed by atoms with E-state index in [1.54, 1.807) is 18.2 Å². The van der Waals surface area contributed by atoms with Gasteiger partial charge in [-0.2, -0.15) is 0 Å². The molecule has 162 valence electrons. The van der Waals surface area contributed by atoms with Gasteiger partial charge in [-0.15, -0.1) is 0 Å². The number of Topliss-reactive ketones (excluding diaryl/α,β-unsaturated/α-hetero) is 1. The normalized spacial score (nSPS) is 11.4. The van der Waals surface area contributed by atoms with Crippen LogP contribution in [0.2, 0.25) is 0 Å². The van der Waals surface area contributed by atoms with Gasteiger partial charge in [0.25, 0.3) is 0 Å². The highest BCUT2D eigenvalue weighted by molar-refractivity contribution is 9.10. The number of nitrogens with zero attached hydrogens (tertiary/aromatic N) is 1. The molecule has 0 aliphatic rings. The summed E-state index contributed by atoms with van der Waals surface area (Å²) < 4.78 is 23.1. The van der Waals surface area contributed by atoms with E-state index >= 15 is 0 Å². The van der Waals surface area contributed by atoms with Gasteiger partial charge in [0.15, 0.2) is 22.9 Å². The fourth-order valence-corrected chi connectivity index (χ4v) is 3.57. The number of aromatic nitrogens is 1. The number of carbonyl (C=O) groups is 1. The van der Waals surface area contributed by atoms with Crippen LogP contribution in [0.15, 0.2) is 69.6 Å². The van der Waals surface area contributed by atoms with Gasteiger partial charge in [0.2, 0.25) is 11.6 Å². The van der Waals surface area contributed by atoms with Crippen molar-refractivity contribution in [3.8, 4) is 17.2 Å². The minimum Gasteiger partial charge on any atom is -0.493 e. The molecular formula is C25H20BrNO5. The zero-order chi connectivity index (χ0) is 22.7. The molecule has 0 bridgehead atoms. The lowest BCUT2D eigenvalue weighted by Crippen LogP contribution is -2.05. The molecule has 0 fully saturated rings. The molecule has 0 amide bonds. The van der Waals surface area contributed by atoms with Crippen molar-refractivity contribution in [1.29, 1.82) is 0 Å². The Morgan fingerprint density at radius 2 is 1.59 bits per heavy atom. The maximum absolute atomic E-state index is 13.7. The summed E-state index contributed by atoms with van der Waals surface area (Å²) in [5, 5.41) is 0. The lowest BCUT2D eigenvalue weighted by molar-refractivity contribution is 0.105. The summed E-state index contributed by atoms with van der Waals surface area (Å²) in [5.41, 5.74) is 2.75. The smallest absolute Gasteiger partial charge is 0.231 e. The number of para-hydroxylation sites is 2. The largest absolute Gasteiger partial charge is 0.493 e. The fourth-order valence-electron chi connectivity index (χ4n) is 3.31. The highest BCUT2D eigenvalue weighted by atomic mass is 79.9. The Kier molecular flexibility index (Phi) is 6.28. The number of ether oxygens (including phenoxy) is 3. The van der Waals surface area contributed by atoms with Crippen molar-refractivity contribution < 1.29 is 23.4 Å². The van der Waals surface area contributed by atoms with E-state index in [1.165, 1.54) is 21.3 Å². The van der Waals surface area contributed by atoms with Crippen LogP contribution >= 0.6 is 15.9 Å². The van der Waals surface area contributed by atoms with Gasteiger partial charge >= 0.3 is 0 Å². The standard InChI is InChI=1S/C25H20BrNO5/c1-29-21-13-16(14-22(30-2)24(21)31-3)23(28)18(12-15-8-10-17(26)11-9-15)25-27-19-6-4-5-7-20(19)32-25/h4-14H,1-3H3/b18-12+. The maximum Gasteiger partial charge on any atom is 0.231 e. The SMILES string of the molecule is COc1cc(C(=O)/C(=C\c2ccc(Br)cc2)c2nc3ccccc3o2)cc(OC)c1OC. The summed E-state index contributed by atoms with van der Waals surface area (Å²) in [5.74, 6) is 1.12. The first-order valence-corrected chi connectivity index (χ1v) is 10.5. The van der Waals surface area contributed by atoms with Crippen molar-refractivity contribution in [3.05, 3.63) is 82.2 Å². The molecule has 1 aromatic heterocycles. The lowest BCUT2D eigenvalue weighted by atomic mass is 10.00. The van der Waals surface area contributed by atoms with Crippen LogP contribution in [0.4, 0.5) is 0 Å². The second kappa shape index (κ2) is 9.28. The summed E-state index contributed by atoms with van der Waals surface area (Å²) in [7, 11) is 4.52. The number of hydrogen-bond acceptors (Lipinski definition) is 6. The average Bonchev–Trinajstić information content (AvgIpc) is 3.26. The number of carbonyl (C=O) groups excluding carboxylic acids is 1. The van der Waals surface area contributed by atoms with Gasteiger partial charge in [0, 0.05) is 10.0 Å². The number of oxazole rings is 1. The van der Waals surface area contributed by atoms with Gasteiger partial charge in [-0.1, -0.05) is 40.2 Å². The van der Waals surface area contributed by atoms with Crippen LogP contribution in [0.25, 0.3) is 22.7 Å². The van der Waals surface area contributed by atoms with E-state index in [2.05, 4.69) is 20.9 Å². The minimum absolute atomic E-state index is 0.230. The van der Waals surface area contributed by atoms with E-state index in [4.69, 9.17) is 18.6 Å². The Hall–Kier alpha value is -3.58. The van der Waals surface area contributed by atoms with Crippen LogP contribution in [-0.2, 0) is 0 Å². The second-order valence-corrected chi connectivity index (χ2v) is 7.76. The molecule has 32 heavy (non-hydrogen) atoms. The first-order valence-electron chi connectivity index (χ1n) is 9.72. The summed E-state index contributed by atoms with van der Waals surface area (Å²) in [6.45, 7) is 0. The van der Waals surface area contributed by atoms with Gasteiger partial charge in [-0.3, -0.25) is 4.79 Å². The van der Waals surface area contributed by atoms with Gasteiger partial charge < -0.3 is 18.6 Å². The first-order chi connectivity index (χ1) is 15.5. The van der Waals surface area contributed by atoms with Crippen LogP contribution in [-0.4, -0.2) is 32.1 Å². The molecule has 4 rings (SSSR count). The molecule has 0 saturated carbocycles. The van der Waals surface area contributed by atoms with E-state index in [0.29, 0.717) is 39.5 Å². The summed E-state index contributed by atoms with van der Waals surface area (Å²) >= 11 is 3.43. The molecule has 3 aromatic carbocycles. The monoisotopic (exact) mass is 493 g/mol. The fraction of sp³-hybridized carbons (Fsp3) is 0.120. The first kappa shape index (κ1) is 21.6. The molecule has 0 saturated heterocycles. The number of hydrogen-bond donors (Lipinski definition) is 0. The molecule has 6 nitrogen and oxygen atoms in total. The molecule has 1 heterocycles. The minimum atomic E-state index is -0.293. The van der Waals surface area contributed by atoms with Crippen LogP contribution in [0.3, 0.4) is 0 Å². The van der Waals surface area contributed by atoms with Gasteiger partial charge in [-0.25, -0.2) is 4.98 Å². The van der Waals surface area contributed by atoms with E-state index < -0.39 is 0 Å². The van der Waals surface area contributed by atoms with Crippen LogP contribution < -0.4 is 14.2 Å². The molecule has 0 unspecified atom stereocenters. The number of rotatable bonds is 7. The topological polar surface area (TPSA) is 70.8 Å². The lowest BCUT2D eigenvalue weighted by Gasteiger charge is -2.14. The van der Waals surface area contributed by atoms with Crippen molar-refractivity contribution in [2.75, 3.05) is 21.3 Å². The Bertz CT molecular complexity index is 1250. The molecule has 7 heteroatoms. The molecule has 0 aliphatic heterocycles. The molecular weight excluding hydrogens is 474 g/mol. The maximum atomic E-state index is 13.7. The third kappa shape index (κ3) is 4.24. The molecule has 0 atom stereocenters. The highest BCUT2D eigenvalue weighted by Crippen LogP contribution is 2.39. The number of methoxy groups -OCH3 is 3. The summed E-state index contributed by atoms with van der Waals surface area (Å²) in [4.78, 5) is 18.2. The van der Waals surface area contributed by atoms with Gasteiger partial charge in [0.05, 0.1) is 26.9 Å². The molecule has 4 aromatic rings. The summed E-state index contributed by atoms with van der Waals surface area (Å²) in [6.07, 6.45) is 1.75. The number of fused-ring (bicyclic) bond motifs is 1. The zero-order valence-electron chi connectivity index (χ0n) is 17.7. The Labute approximate surface area is 193 Å². The van der Waals surface area contributed by atoms with E-state index in [0.717, 1.165) is 10.0 Å². The zero-order valence-corrected chi connectivity index (χ0v) is 19.3. The van der Waals surface area contributed by atoms with Crippen LogP contribution in [0.1, 0.15) is 21.8 Å². The second-order valence-electron chi connectivity index (χ2n) is 6.84. The third-order valence-corrected chi connectivity index (χ3v) is 5.41. The van der Waals surface area contributed by atoms with Gasteiger partial charge in [0.1, 0.15) is 5.52 Å². The predicted octanol–water partition coefficient (Wildman–Crippen LogP) is 6.04. The van der Waals surface area contributed by atoms with Gasteiger partial charge in [-0.05, 0) is 48.0 Å². The summed E-state index contributed by atoms with van der Waals surface area (Å²) in [6, 6.07) is 18.2. The van der Waals surface area contributed by atoms with E-state index in [-0.39, 0.29) is 11.7 Å². The van der Waals surface area contributed by atoms with Crippen molar-refractivity contribution in [2.45, 2.75) is 0 Å². The van der Waals surface area contributed by atoms with E-state index in [9.17, 15) is 4.79 Å². The van der Waals surface area contributed by atoms with Crippen molar-refractivity contribution >= 4 is 44.5 Å². The Morgan fingerprint density at radius 1 is 0.938 bits per heavy atom. The van der Waals surface area contributed by atoms with Crippen molar-refractivity contribution in [2.24, 2.45) is 0 Å². The molecule has 0 radical (unpaired) electrons. The van der Waals surface area contributed by atoms with Crippen molar-refractivity contribution in [1.82, 2.24) is 4.98 Å². The molecule has 0 spiro atoms. The Balaban J connectivity index is 1.88. The number of halogens is 1. The number of ketones is 1. The number of benzene rings is 3. The average molecular weight is 494 g/mol. The molecule has 0 N–H and O–H groups in total. The molecule has 0 aliphatic carbocycles. The third-order valence-electron chi connectivity index (χ3n) is 4.88. The van der Waals surface area contributed by atoms with Crippen molar-refractivity contribution in [3.63, 3.8) is 0 Å². The quantitative estimate of drug-likeness (QED) is 0.231. The Morgan fingerprint density at radius 3 is 2.19 bits per heavy atom. The predicted molar refractivity (Wildman–Crippen MR) is 126 cm³/mol.